The summed E-state index contributed by atoms with van der Waals surface area (Å²) >= 11 is 0. The van der Waals surface area contributed by atoms with Crippen molar-refractivity contribution in [3.05, 3.63) is 35.6 Å². The molecule has 0 spiro atoms. The van der Waals surface area contributed by atoms with E-state index in [0.29, 0.717) is 18.8 Å². The van der Waals surface area contributed by atoms with Crippen LogP contribution in [0.15, 0.2) is 24.3 Å². The summed E-state index contributed by atoms with van der Waals surface area (Å²) in [6, 6.07) is 6.64. The zero-order chi connectivity index (χ0) is 12.8. The standard InChI is InChI=1S/C14H15FO3/c1-17-12(16)13(6-7-13)14(8-18-9-14)10-4-2-3-5-11(10)15/h2-5H,6-9H2,1H3. The predicted molar refractivity (Wildman–Crippen MR) is 62.6 cm³/mol. The topological polar surface area (TPSA) is 35.5 Å². The lowest BCUT2D eigenvalue weighted by atomic mass is 9.66. The van der Waals surface area contributed by atoms with Gasteiger partial charge in [0.15, 0.2) is 0 Å². The van der Waals surface area contributed by atoms with Crippen molar-refractivity contribution in [2.45, 2.75) is 18.3 Å². The predicted octanol–water partition coefficient (Wildman–Crippen LogP) is 2.05. The molecule has 0 N–H and O–H groups in total. The quantitative estimate of drug-likeness (QED) is 0.770. The Morgan fingerprint density at radius 3 is 2.44 bits per heavy atom. The summed E-state index contributed by atoms with van der Waals surface area (Å²) < 4.78 is 24.2. The lowest BCUT2D eigenvalue weighted by molar-refractivity contribution is -0.165. The fourth-order valence-corrected chi connectivity index (χ4v) is 3.04. The summed E-state index contributed by atoms with van der Waals surface area (Å²) in [5.74, 6) is -0.509. The zero-order valence-corrected chi connectivity index (χ0v) is 10.2. The van der Waals surface area contributed by atoms with E-state index in [1.807, 2.05) is 0 Å². The molecule has 0 radical (unpaired) electrons. The molecule has 0 bridgehead atoms. The van der Waals surface area contributed by atoms with Crippen LogP contribution in [0.4, 0.5) is 4.39 Å². The average Bonchev–Trinajstić information content (AvgIpc) is 3.11. The van der Waals surface area contributed by atoms with Crippen LogP contribution in [0.5, 0.6) is 0 Å². The maximum atomic E-state index is 14.0. The van der Waals surface area contributed by atoms with Crippen molar-refractivity contribution in [1.29, 1.82) is 0 Å². The van der Waals surface area contributed by atoms with E-state index in [1.165, 1.54) is 13.2 Å². The lowest BCUT2D eigenvalue weighted by Crippen LogP contribution is -2.57. The molecule has 1 saturated carbocycles. The third-order valence-corrected chi connectivity index (χ3v) is 4.33. The zero-order valence-electron chi connectivity index (χ0n) is 10.2. The Morgan fingerprint density at radius 2 is 2.00 bits per heavy atom. The lowest BCUT2D eigenvalue weighted by Gasteiger charge is -2.47. The molecule has 0 amide bonds. The number of carbonyl (C=O) groups is 1. The van der Waals surface area contributed by atoms with Gasteiger partial charge in [-0.15, -0.1) is 0 Å². The first kappa shape index (κ1) is 11.7. The highest BCUT2D eigenvalue weighted by atomic mass is 19.1. The van der Waals surface area contributed by atoms with Crippen LogP contribution in [0.3, 0.4) is 0 Å². The largest absolute Gasteiger partial charge is 0.469 e. The maximum Gasteiger partial charge on any atom is 0.312 e. The van der Waals surface area contributed by atoms with E-state index < -0.39 is 10.8 Å². The fraction of sp³-hybridized carbons (Fsp3) is 0.500. The first-order chi connectivity index (χ1) is 8.66. The van der Waals surface area contributed by atoms with Gasteiger partial charge in [0.2, 0.25) is 0 Å². The highest BCUT2D eigenvalue weighted by molar-refractivity contribution is 5.82. The Bertz CT molecular complexity index is 490. The number of rotatable bonds is 3. The molecule has 18 heavy (non-hydrogen) atoms. The van der Waals surface area contributed by atoms with Crippen molar-refractivity contribution in [1.82, 2.24) is 0 Å². The van der Waals surface area contributed by atoms with Crippen LogP contribution in [-0.2, 0) is 19.7 Å². The highest BCUT2D eigenvalue weighted by Gasteiger charge is 2.69. The van der Waals surface area contributed by atoms with Crippen molar-refractivity contribution in [3.8, 4) is 0 Å². The molecular formula is C14H15FO3. The van der Waals surface area contributed by atoms with Crippen LogP contribution in [0, 0.1) is 11.2 Å². The molecule has 2 fully saturated rings. The van der Waals surface area contributed by atoms with Crippen LogP contribution in [-0.4, -0.2) is 26.3 Å². The van der Waals surface area contributed by atoms with Crippen LogP contribution < -0.4 is 0 Å². The van der Waals surface area contributed by atoms with Crippen molar-refractivity contribution < 1.29 is 18.7 Å². The molecule has 3 rings (SSSR count). The molecule has 1 aromatic rings. The second-order valence-corrected chi connectivity index (χ2v) is 5.13. The molecule has 0 atom stereocenters. The Labute approximate surface area is 105 Å². The van der Waals surface area contributed by atoms with E-state index in [4.69, 9.17) is 9.47 Å². The van der Waals surface area contributed by atoms with Crippen LogP contribution >= 0.6 is 0 Å². The summed E-state index contributed by atoms with van der Waals surface area (Å²) in [4.78, 5) is 12.0. The van der Waals surface area contributed by atoms with Gasteiger partial charge in [-0.3, -0.25) is 4.79 Å². The van der Waals surface area contributed by atoms with Gasteiger partial charge in [-0.1, -0.05) is 18.2 Å². The molecule has 1 aliphatic carbocycles. The number of halogens is 1. The van der Waals surface area contributed by atoms with Crippen molar-refractivity contribution in [2.75, 3.05) is 20.3 Å². The van der Waals surface area contributed by atoms with E-state index >= 15 is 0 Å². The summed E-state index contributed by atoms with van der Waals surface area (Å²) in [6.07, 6.45) is 1.49. The molecule has 3 nitrogen and oxygen atoms in total. The van der Waals surface area contributed by atoms with Gasteiger partial charge in [0, 0.05) is 0 Å². The molecular weight excluding hydrogens is 235 g/mol. The van der Waals surface area contributed by atoms with Gasteiger partial charge in [0.1, 0.15) is 5.82 Å². The van der Waals surface area contributed by atoms with Gasteiger partial charge >= 0.3 is 5.97 Å². The SMILES string of the molecule is COC(=O)C1(C2(c3ccccc3F)COC2)CC1. The summed E-state index contributed by atoms with van der Waals surface area (Å²) in [5.41, 5.74) is -0.535. The van der Waals surface area contributed by atoms with Gasteiger partial charge < -0.3 is 9.47 Å². The second kappa shape index (κ2) is 3.79. The molecule has 1 aliphatic heterocycles. The monoisotopic (exact) mass is 250 g/mol. The van der Waals surface area contributed by atoms with Gasteiger partial charge in [-0.05, 0) is 24.5 Å². The Hall–Kier alpha value is -1.42. The van der Waals surface area contributed by atoms with E-state index in [2.05, 4.69) is 0 Å². The molecule has 0 unspecified atom stereocenters. The van der Waals surface area contributed by atoms with Crippen molar-refractivity contribution in [3.63, 3.8) is 0 Å². The minimum absolute atomic E-state index is 0.242. The number of ether oxygens (including phenoxy) is 2. The number of esters is 1. The number of methoxy groups -OCH3 is 1. The second-order valence-electron chi connectivity index (χ2n) is 5.13. The summed E-state index contributed by atoms with van der Waals surface area (Å²) in [6.45, 7) is 0.784. The number of benzene rings is 1. The molecule has 96 valence electrons. The van der Waals surface area contributed by atoms with E-state index in [1.54, 1.807) is 18.2 Å². The van der Waals surface area contributed by atoms with Crippen LogP contribution in [0.25, 0.3) is 0 Å². The molecule has 1 aromatic carbocycles. The van der Waals surface area contributed by atoms with Crippen LogP contribution in [0.2, 0.25) is 0 Å². The van der Waals surface area contributed by atoms with Gasteiger partial charge in [0.05, 0.1) is 31.2 Å². The molecule has 4 heteroatoms. The third kappa shape index (κ3) is 1.29. The fourth-order valence-electron chi connectivity index (χ4n) is 3.04. The molecule has 0 aromatic heterocycles. The van der Waals surface area contributed by atoms with Crippen LogP contribution in [0.1, 0.15) is 18.4 Å². The Morgan fingerprint density at radius 1 is 1.33 bits per heavy atom. The Balaban J connectivity index is 2.07. The molecule has 1 heterocycles. The van der Waals surface area contributed by atoms with Crippen molar-refractivity contribution >= 4 is 5.97 Å². The van der Waals surface area contributed by atoms with E-state index in [0.717, 1.165) is 12.8 Å². The van der Waals surface area contributed by atoms with Gasteiger partial charge in [0.25, 0.3) is 0 Å². The van der Waals surface area contributed by atoms with Gasteiger partial charge in [-0.25, -0.2) is 4.39 Å². The number of carbonyl (C=O) groups excluding carboxylic acids is 1. The highest BCUT2D eigenvalue weighted by Crippen LogP contribution is 2.63. The third-order valence-electron chi connectivity index (χ3n) is 4.33. The average molecular weight is 250 g/mol. The summed E-state index contributed by atoms with van der Waals surface area (Å²) in [7, 11) is 1.39. The number of hydrogen-bond acceptors (Lipinski definition) is 3. The van der Waals surface area contributed by atoms with E-state index in [9.17, 15) is 9.18 Å². The molecule has 2 aliphatic rings. The minimum atomic E-state index is -0.581. The number of hydrogen-bond donors (Lipinski definition) is 0. The normalized spacial score (nSPS) is 23.0. The van der Waals surface area contributed by atoms with Crippen molar-refractivity contribution in [2.24, 2.45) is 5.41 Å². The first-order valence-electron chi connectivity index (χ1n) is 6.07. The van der Waals surface area contributed by atoms with Gasteiger partial charge in [-0.2, -0.15) is 0 Å². The Kier molecular flexibility index (Phi) is 2.45. The molecule has 1 saturated heterocycles. The maximum absolute atomic E-state index is 14.0. The smallest absolute Gasteiger partial charge is 0.312 e. The van der Waals surface area contributed by atoms with E-state index in [-0.39, 0.29) is 11.8 Å². The minimum Gasteiger partial charge on any atom is -0.469 e. The summed E-state index contributed by atoms with van der Waals surface area (Å²) in [5, 5.41) is 0. The first-order valence-corrected chi connectivity index (χ1v) is 6.07.